The lowest BCUT2D eigenvalue weighted by molar-refractivity contribution is -0.0704. The van der Waals surface area contributed by atoms with E-state index in [0.29, 0.717) is 12.4 Å². The van der Waals surface area contributed by atoms with E-state index in [1.807, 2.05) is 19.2 Å². The summed E-state index contributed by atoms with van der Waals surface area (Å²) in [5.74, 6) is 0.380. The Hall–Kier alpha value is -3.44. The number of benzene rings is 1. The van der Waals surface area contributed by atoms with Crippen molar-refractivity contribution in [2.75, 3.05) is 25.0 Å². The third-order valence-corrected chi connectivity index (χ3v) is 7.67. The topological polar surface area (TPSA) is 112 Å². The second-order valence-corrected chi connectivity index (χ2v) is 11.1. The summed E-state index contributed by atoms with van der Waals surface area (Å²) in [6.07, 6.45) is 4.99. The van der Waals surface area contributed by atoms with Crippen LogP contribution in [0.2, 0.25) is 0 Å². The lowest BCUT2D eigenvalue weighted by Crippen LogP contribution is -2.44. The number of aromatic nitrogens is 3. The highest BCUT2D eigenvalue weighted by atomic mass is 32.1. The van der Waals surface area contributed by atoms with Crippen LogP contribution in [0.15, 0.2) is 48.9 Å². The Balaban J connectivity index is 1.54. The van der Waals surface area contributed by atoms with Crippen molar-refractivity contribution in [1.82, 2.24) is 25.2 Å². The average Bonchev–Trinajstić information content (AvgIpc) is 3.30. The monoisotopic (exact) mass is 546 g/mol. The molecule has 0 radical (unpaired) electrons. The van der Waals surface area contributed by atoms with Crippen LogP contribution >= 0.6 is 11.3 Å². The summed E-state index contributed by atoms with van der Waals surface area (Å²) in [5.41, 5.74) is 4.78. The van der Waals surface area contributed by atoms with Gasteiger partial charge in [0.2, 0.25) is 0 Å². The number of anilines is 1. The van der Waals surface area contributed by atoms with Crippen molar-refractivity contribution in [3.05, 3.63) is 60.3 Å². The molecule has 9 nitrogen and oxygen atoms in total. The standard InChI is InChI=1S/C29H34N6O3S/c1-5-30-29(37)34-26-11-22-9-21(23-12-32-28(19(4)36)33-13-23)10-24(27(22)39-26)25-8-20(6-7-31-25)16-35-14-17(2)38-18(3)15-35/h6-13,17-19,36H,5,14-16H2,1-4H3,(H2,30,34,37)/t17-,18+,19?. The summed E-state index contributed by atoms with van der Waals surface area (Å²) >= 11 is 1.52. The first-order chi connectivity index (χ1) is 18.8. The van der Waals surface area contributed by atoms with Crippen molar-refractivity contribution < 1.29 is 14.6 Å². The fourth-order valence-corrected chi connectivity index (χ4v) is 6.04. The largest absolute Gasteiger partial charge is 0.385 e. The van der Waals surface area contributed by atoms with Crippen molar-refractivity contribution in [2.24, 2.45) is 0 Å². The van der Waals surface area contributed by atoms with Crippen LogP contribution in [0.4, 0.5) is 9.80 Å². The molecule has 204 valence electrons. The summed E-state index contributed by atoms with van der Waals surface area (Å²) < 4.78 is 6.94. The number of nitrogens with zero attached hydrogens (tertiary/aromatic N) is 4. The number of nitrogens with one attached hydrogen (secondary N) is 2. The number of hydrogen-bond donors (Lipinski definition) is 3. The zero-order valence-corrected chi connectivity index (χ0v) is 23.5. The number of pyridine rings is 1. The van der Waals surface area contributed by atoms with Gasteiger partial charge in [-0.05, 0) is 74.5 Å². The molecule has 1 aliphatic rings. The second kappa shape index (κ2) is 11.7. The zero-order valence-electron chi connectivity index (χ0n) is 22.6. The second-order valence-electron chi connectivity index (χ2n) is 10.0. The van der Waals surface area contributed by atoms with Crippen LogP contribution in [0.5, 0.6) is 0 Å². The highest BCUT2D eigenvalue weighted by Gasteiger charge is 2.22. The molecule has 1 fully saturated rings. The minimum absolute atomic E-state index is 0.204. The van der Waals surface area contributed by atoms with E-state index < -0.39 is 6.10 Å². The lowest BCUT2D eigenvalue weighted by atomic mass is 10.00. The Kier molecular flexibility index (Phi) is 8.18. The van der Waals surface area contributed by atoms with Crippen LogP contribution in [0.25, 0.3) is 32.5 Å². The van der Waals surface area contributed by atoms with Crippen LogP contribution in [-0.4, -0.2) is 62.8 Å². The van der Waals surface area contributed by atoms with Crippen molar-refractivity contribution in [3.63, 3.8) is 0 Å². The van der Waals surface area contributed by atoms with Gasteiger partial charge < -0.3 is 15.2 Å². The van der Waals surface area contributed by atoms with E-state index in [1.54, 1.807) is 19.3 Å². The van der Waals surface area contributed by atoms with Gasteiger partial charge in [-0.1, -0.05) is 0 Å². The number of carbonyl (C=O) groups excluding carboxylic acids is 1. The van der Waals surface area contributed by atoms with Crippen molar-refractivity contribution in [1.29, 1.82) is 0 Å². The Morgan fingerprint density at radius 2 is 1.87 bits per heavy atom. The number of aliphatic hydroxyl groups excluding tert-OH is 1. The third kappa shape index (κ3) is 6.42. The van der Waals surface area contributed by atoms with E-state index in [1.165, 1.54) is 16.9 Å². The Bertz CT molecular complexity index is 1450. The highest BCUT2D eigenvalue weighted by Crippen LogP contribution is 2.40. The van der Waals surface area contributed by atoms with Gasteiger partial charge in [0.05, 0.1) is 22.9 Å². The van der Waals surface area contributed by atoms with Crippen molar-refractivity contribution >= 4 is 32.5 Å². The molecule has 10 heteroatoms. The Morgan fingerprint density at radius 1 is 1.13 bits per heavy atom. The predicted molar refractivity (Wildman–Crippen MR) is 155 cm³/mol. The van der Waals surface area contributed by atoms with Gasteiger partial charge in [-0.2, -0.15) is 0 Å². The average molecular weight is 547 g/mol. The van der Waals surface area contributed by atoms with Gasteiger partial charge in [0.15, 0.2) is 5.82 Å². The first-order valence-corrected chi connectivity index (χ1v) is 14.1. The van der Waals surface area contributed by atoms with E-state index >= 15 is 0 Å². The van der Waals surface area contributed by atoms with Gasteiger partial charge in [-0.3, -0.25) is 15.2 Å². The number of rotatable bonds is 7. The fourth-order valence-electron chi connectivity index (χ4n) is 4.98. The van der Waals surface area contributed by atoms with Gasteiger partial charge in [0.1, 0.15) is 6.10 Å². The molecule has 4 heterocycles. The van der Waals surface area contributed by atoms with Gasteiger partial charge in [0.25, 0.3) is 0 Å². The third-order valence-electron chi connectivity index (χ3n) is 6.57. The molecule has 3 aromatic heterocycles. The molecule has 3 atom stereocenters. The summed E-state index contributed by atoms with van der Waals surface area (Å²) in [4.78, 5) is 28.1. The number of aliphatic hydroxyl groups is 1. The highest BCUT2D eigenvalue weighted by molar-refractivity contribution is 7.23. The molecule has 0 saturated carbocycles. The molecule has 3 N–H and O–H groups in total. The predicted octanol–water partition coefficient (Wildman–Crippen LogP) is 5.22. The molecule has 4 aromatic rings. The molecule has 1 unspecified atom stereocenters. The van der Waals surface area contributed by atoms with Gasteiger partial charge in [-0.15, -0.1) is 11.3 Å². The summed E-state index contributed by atoms with van der Waals surface area (Å²) in [5, 5.41) is 17.3. The zero-order chi connectivity index (χ0) is 27.5. The van der Waals surface area contributed by atoms with E-state index in [0.717, 1.165) is 57.1 Å². The molecule has 1 aliphatic heterocycles. The molecule has 1 aromatic carbocycles. The first kappa shape index (κ1) is 27.1. The van der Waals surface area contributed by atoms with Gasteiger partial charge in [0, 0.05) is 60.6 Å². The minimum Gasteiger partial charge on any atom is -0.385 e. The summed E-state index contributed by atoms with van der Waals surface area (Å²) in [6, 6.07) is 10.1. The minimum atomic E-state index is -0.735. The van der Waals surface area contributed by atoms with Gasteiger partial charge in [-0.25, -0.2) is 14.8 Å². The Labute approximate surface area is 232 Å². The maximum absolute atomic E-state index is 12.2. The van der Waals surface area contributed by atoms with Crippen LogP contribution in [0.1, 0.15) is 45.2 Å². The molecule has 0 aliphatic carbocycles. The van der Waals surface area contributed by atoms with Crippen molar-refractivity contribution in [2.45, 2.75) is 52.6 Å². The van der Waals surface area contributed by atoms with Crippen LogP contribution in [-0.2, 0) is 11.3 Å². The van der Waals surface area contributed by atoms with E-state index in [-0.39, 0.29) is 18.2 Å². The molecule has 39 heavy (non-hydrogen) atoms. The molecule has 5 rings (SSSR count). The van der Waals surface area contributed by atoms with Gasteiger partial charge >= 0.3 is 6.03 Å². The summed E-state index contributed by atoms with van der Waals surface area (Å²) in [6.45, 7) is 10.9. The molecule has 1 saturated heterocycles. The van der Waals surface area contributed by atoms with Crippen LogP contribution < -0.4 is 10.6 Å². The number of carbonyl (C=O) groups is 1. The molecule has 0 spiro atoms. The number of thiophene rings is 1. The van der Waals surface area contributed by atoms with Crippen LogP contribution in [0.3, 0.4) is 0 Å². The summed E-state index contributed by atoms with van der Waals surface area (Å²) in [7, 11) is 0. The first-order valence-electron chi connectivity index (χ1n) is 13.2. The number of ether oxygens (including phenoxy) is 1. The number of urea groups is 1. The van der Waals surface area contributed by atoms with E-state index in [9.17, 15) is 9.90 Å². The van der Waals surface area contributed by atoms with Crippen molar-refractivity contribution in [3.8, 4) is 22.4 Å². The number of hydrogen-bond acceptors (Lipinski definition) is 8. The quantitative estimate of drug-likeness (QED) is 0.291. The Morgan fingerprint density at radius 3 is 2.56 bits per heavy atom. The molecule has 2 amide bonds. The molecule has 0 bridgehead atoms. The van der Waals surface area contributed by atoms with Crippen LogP contribution in [0, 0.1) is 0 Å². The lowest BCUT2D eigenvalue weighted by Gasteiger charge is -2.35. The van der Waals surface area contributed by atoms with E-state index in [4.69, 9.17) is 9.72 Å². The smallest absolute Gasteiger partial charge is 0.319 e. The molecular weight excluding hydrogens is 512 g/mol. The SMILES string of the molecule is CCNC(=O)Nc1cc2cc(-c3cnc(C(C)O)nc3)cc(-c3cc(CN4C[C@@H](C)O[C@@H](C)C4)ccn3)c2s1. The maximum atomic E-state index is 12.2. The van der Waals surface area contributed by atoms with E-state index in [2.05, 4.69) is 63.6 Å². The number of fused-ring (bicyclic) bond motifs is 1. The maximum Gasteiger partial charge on any atom is 0.319 e. The molecular formula is C29H34N6O3S. The fraction of sp³-hybridized carbons (Fsp3) is 0.379. The number of morpholine rings is 1. The number of amides is 2. The normalized spacial score (nSPS) is 18.7.